The summed E-state index contributed by atoms with van der Waals surface area (Å²) >= 11 is 0. The molecule has 0 bridgehead atoms. The zero-order chi connectivity index (χ0) is 50.0. The number of rotatable bonds is 53. The SMILES string of the molecule is CC/C=C\C/C=C\C/C=C\C/C=C\C/C=C\C/C=C\CCC(=O)OC[C@@H](COC(=O)CCCCCCCCCCCCCCCCCC)OC(=O)CCCCCCCCCCCCCCCCCC. The van der Waals surface area contributed by atoms with Crippen molar-refractivity contribution in [3.05, 3.63) is 72.9 Å². The summed E-state index contributed by atoms with van der Waals surface area (Å²) in [5.41, 5.74) is 0. The summed E-state index contributed by atoms with van der Waals surface area (Å²) < 4.78 is 16.8. The van der Waals surface area contributed by atoms with Crippen molar-refractivity contribution in [2.24, 2.45) is 0 Å². The van der Waals surface area contributed by atoms with Crippen LogP contribution in [-0.2, 0) is 28.6 Å². The molecule has 0 heterocycles. The fourth-order valence-electron chi connectivity index (χ4n) is 8.35. The molecular weight excluding hydrogens is 853 g/mol. The molecule has 6 heteroatoms. The highest BCUT2D eigenvalue weighted by molar-refractivity contribution is 5.71. The van der Waals surface area contributed by atoms with Crippen LogP contribution in [0.25, 0.3) is 0 Å². The highest BCUT2D eigenvalue weighted by atomic mass is 16.6. The largest absolute Gasteiger partial charge is 0.462 e. The summed E-state index contributed by atoms with van der Waals surface area (Å²) in [6.45, 7) is 6.50. The van der Waals surface area contributed by atoms with E-state index >= 15 is 0 Å². The van der Waals surface area contributed by atoms with E-state index in [2.05, 4.69) is 87.6 Å². The van der Waals surface area contributed by atoms with Gasteiger partial charge < -0.3 is 14.2 Å². The Kier molecular flexibility index (Phi) is 54.8. The minimum atomic E-state index is -0.803. The van der Waals surface area contributed by atoms with Crippen molar-refractivity contribution in [1.29, 1.82) is 0 Å². The average molecular weight is 964 g/mol. The van der Waals surface area contributed by atoms with E-state index in [1.165, 1.54) is 167 Å². The minimum absolute atomic E-state index is 0.0944. The van der Waals surface area contributed by atoms with Gasteiger partial charge in [-0.2, -0.15) is 0 Å². The van der Waals surface area contributed by atoms with Crippen LogP contribution in [0.1, 0.15) is 290 Å². The molecule has 0 aliphatic rings. The summed E-state index contributed by atoms with van der Waals surface area (Å²) in [4.78, 5) is 38.2. The Morgan fingerprint density at radius 3 is 0.884 bits per heavy atom. The van der Waals surface area contributed by atoms with Crippen LogP contribution >= 0.6 is 0 Å². The number of hydrogen-bond acceptors (Lipinski definition) is 6. The van der Waals surface area contributed by atoms with Crippen LogP contribution in [0, 0.1) is 0 Å². The van der Waals surface area contributed by atoms with Crippen LogP contribution < -0.4 is 0 Å². The van der Waals surface area contributed by atoms with Gasteiger partial charge in [-0.15, -0.1) is 0 Å². The van der Waals surface area contributed by atoms with Gasteiger partial charge in [-0.25, -0.2) is 0 Å². The van der Waals surface area contributed by atoms with Gasteiger partial charge in [0.1, 0.15) is 13.2 Å². The topological polar surface area (TPSA) is 78.9 Å². The number of carbonyl (C=O) groups is 3. The maximum Gasteiger partial charge on any atom is 0.306 e. The number of unbranched alkanes of at least 4 members (excludes halogenated alkanes) is 30. The Balaban J connectivity index is 4.46. The summed E-state index contributed by atoms with van der Waals surface area (Å²) in [6, 6.07) is 0. The van der Waals surface area contributed by atoms with Crippen LogP contribution in [-0.4, -0.2) is 37.2 Å². The van der Waals surface area contributed by atoms with Gasteiger partial charge in [0.25, 0.3) is 0 Å². The fraction of sp³-hybridized carbons (Fsp3) is 0.762. The van der Waals surface area contributed by atoms with Crippen molar-refractivity contribution in [3.8, 4) is 0 Å². The van der Waals surface area contributed by atoms with Crippen molar-refractivity contribution in [2.75, 3.05) is 13.2 Å². The molecular formula is C63H110O6. The number of carbonyl (C=O) groups excluding carboxylic acids is 3. The molecule has 0 saturated carbocycles. The zero-order valence-corrected chi connectivity index (χ0v) is 45.6. The second-order valence-electron chi connectivity index (χ2n) is 19.5. The highest BCUT2D eigenvalue weighted by Crippen LogP contribution is 2.17. The van der Waals surface area contributed by atoms with Crippen molar-refractivity contribution in [1.82, 2.24) is 0 Å². The first-order valence-electron chi connectivity index (χ1n) is 29.4. The van der Waals surface area contributed by atoms with Crippen molar-refractivity contribution in [2.45, 2.75) is 297 Å². The summed E-state index contributed by atoms with van der Waals surface area (Å²) in [5, 5.41) is 0. The molecule has 0 amide bonds. The molecule has 69 heavy (non-hydrogen) atoms. The van der Waals surface area contributed by atoms with Gasteiger partial charge in [-0.3, -0.25) is 14.4 Å². The van der Waals surface area contributed by atoms with E-state index in [1.54, 1.807) is 0 Å². The van der Waals surface area contributed by atoms with E-state index in [4.69, 9.17) is 14.2 Å². The summed E-state index contributed by atoms with van der Waals surface area (Å²) in [6.07, 6.45) is 73.3. The van der Waals surface area contributed by atoms with Gasteiger partial charge in [-0.05, 0) is 57.8 Å². The summed E-state index contributed by atoms with van der Waals surface area (Å²) in [5.74, 6) is -0.968. The third-order valence-electron chi connectivity index (χ3n) is 12.7. The van der Waals surface area contributed by atoms with Gasteiger partial charge in [0, 0.05) is 19.3 Å². The standard InChI is InChI=1S/C63H110O6/c1-4-7-10-13-16-19-22-25-28-31-32-33-36-38-41-44-47-50-53-56-62(65)68-59-60(69-63(66)57-54-51-48-45-42-39-35-30-27-24-21-18-15-12-9-6-3)58-67-61(64)55-52-49-46-43-40-37-34-29-26-23-20-17-14-11-8-5-2/h7,10,16,19,25,28,32-33,38,41,47,50,60H,4-6,8-9,11-15,17-18,20-24,26-27,29-31,34-37,39-40,42-46,48-49,51-59H2,1-3H3/b10-7-,19-16-,28-25-,33-32-,41-38-,50-47-/t60-/m1/s1. The average Bonchev–Trinajstić information content (AvgIpc) is 3.35. The predicted molar refractivity (Wildman–Crippen MR) is 298 cm³/mol. The van der Waals surface area contributed by atoms with Gasteiger partial charge in [0.05, 0.1) is 0 Å². The van der Waals surface area contributed by atoms with E-state index in [0.717, 1.165) is 77.0 Å². The minimum Gasteiger partial charge on any atom is -0.462 e. The van der Waals surface area contributed by atoms with E-state index in [-0.39, 0.29) is 37.5 Å². The quantitative estimate of drug-likeness (QED) is 0.0262. The molecule has 0 aromatic rings. The predicted octanol–water partition coefficient (Wildman–Crippen LogP) is 19.8. The Hall–Kier alpha value is -3.15. The number of ether oxygens (including phenoxy) is 3. The van der Waals surface area contributed by atoms with Crippen LogP contribution in [0.4, 0.5) is 0 Å². The second-order valence-corrected chi connectivity index (χ2v) is 19.5. The first kappa shape index (κ1) is 65.8. The molecule has 6 nitrogen and oxygen atoms in total. The third-order valence-corrected chi connectivity index (χ3v) is 12.7. The van der Waals surface area contributed by atoms with Crippen molar-refractivity contribution < 1.29 is 28.6 Å². The van der Waals surface area contributed by atoms with Gasteiger partial charge >= 0.3 is 17.9 Å². The highest BCUT2D eigenvalue weighted by Gasteiger charge is 2.19. The van der Waals surface area contributed by atoms with Crippen molar-refractivity contribution in [3.63, 3.8) is 0 Å². The Morgan fingerprint density at radius 2 is 0.565 bits per heavy atom. The molecule has 0 aromatic carbocycles. The molecule has 0 aliphatic carbocycles. The molecule has 0 saturated heterocycles. The smallest absolute Gasteiger partial charge is 0.306 e. The first-order valence-corrected chi connectivity index (χ1v) is 29.4. The van der Waals surface area contributed by atoms with Gasteiger partial charge in [-0.1, -0.05) is 286 Å². The lowest BCUT2D eigenvalue weighted by atomic mass is 10.0. The van der Waals surface area contributed by atoms with E-state index in [9.17, 15) is 14.4 Å². The normalized spacial score (nSPS) is 12.6. The molecule has 0 aliphatic heterocycles. The molecule has 0 aromatic heterocycles. The van der Waals surface area contributed by atoms with E-state index in [0.29, 0.717) is 19.3 Å². The number of hydrogen-bond donors (Lipinski definition) is 0. The lowest BCUT2D eigenvalue weighted by Gasteiger charge is -2.18. The monoisotopic (exact) mass is 963 g/mol. The molecule has 0 N–H and O–H groups in total. The fourth-order valence-corrected chi connectivity index (χ4v) is 8.35. The number of esters is 3. The number of allylic oxidation sites excluding steroid dienone is 12. The zero-order valence-electron chi connectivity index (χ0n) is 45.6. The first-order chi connectivity index (χ1) is 34.0. The molecule has 0 unspecified atom stereocenters. The summed E-state index contributed by atoms with van der Waals surface area (Å²) in [7, 11) is 0. The molecule has 0 radical (unpaired) electrons. The van der Waals surface area contributed by atoms with Crippen LogP contribution in [0.2, 0.25) is 0 Å². The molecule has 0 rings (SSSR count). The Bertz CT molecular complexity index is 1290. The maximum absolute atomic E-state index is 12.9. The maximum atomic E-state index is 12.9. The second kappa shape index (κ2) is 57.4. The third kappa shape index (κ3) is 55.6. The Morgan fingerprint density at radius 1 is 0.304 bits per heavy atom. The molecule has 0 fully saturated rings. The molecule has 0 spiro atoms. The van der Waals surface area contributed by atoms with E-state index in [1.807, 2.05) is 6.08 Å². The molecule has 1 atom stereocenters. The van der Waals surface area contributed by atoms with Gasteiger partial charge in [0.2, 0.25) is 0 Å². The van der Waals surface area contributed by atoms with Gasteiger partial charge in [0.15, 0.2) is 6.10 Å². The van der Waals surface area contributed by atoms with Crippen LogP contribution in [0.15, 0.2) is 72.9 Å². The lowest BCUT2D eigenvalue weighted by molar-refractivity contribution is -0.166. The van der Waals surface area contributed by atoms with Crippen LogP contribution in [0.3, 0.4) is 0 Å². The lowest BCUT2D eigenvalue weighted by Crippen LogP contribution is -2.30. The Labute approximate surface area is 427 Å². The molecule has 398 valence electrons. The van der Waals surface area contributed by atoms with E-state index < -0.39 is 6.10 Å². The van der Waals surface area contributed by atoms with Crippen molar-refractivity contribution >= 4 is 17.9 Å². The van der Waals surface area contributed by atoms with Crippen LogP contribution in [0.5, 0.6) is 0 Å².